The normalized spacial score (nSPS) is 22.4. The highest BCUT2D eigenvalue weighted by Gasteiger charge is 2.31. The summed E-state index contributed by atoms with van der Waals surface area (Å²) in [6.07, 6.45) is 0.658. The third kappa shape index (κ3) is 5.57. The number of amides is 1. The number of hydrogen-bond acceptors (Lipinski definition) is 3. The molecule has 0 aliphatic heterocycles. The van der Waals surface area contributed by atoms with Crippen molar-refractivity contribution < 1.29 is 22.7 Å². The van der Waals surface area contributed by atoms with Crippen LogP contribution in [0.4, 0.5) is 13.2 Å². The zero-order chi connectivity index (χ0) is 16.2. The number of nitrogens with one attached hydrogen (secondary N) is 1. The van der Waals surface area contributed by atoms with Gasteiger partial charge in [-0.3, -0.25) is 9.78 Å². The maximum Gasteiger partial charge on any atom is 0.411 e. The Hall–Kier alpha value is -1.15. The second-order valence-corrected chi connectivity index (χ2v) is 6.19. The van der Waals surface area contributed by atoms with Crippen molar-refractivity contribution in [3.05, 3.63) is 28.5 Å². The summed E-state index contributed by atoms with van der Waals surface area (Å²) in [5.41, 5.74) is 0.410. The van der Waals surface area contributed by atoms with Crippen LogP contribution in [0.15, 0.2) is 22.9 Å². The number of rotatable bonds is 4. The summed E-state index contributed by atoms with van der Waals surface area (Å²) in [6, 6.07) is 1.46. The van der Waals surface area contributed by atoms with Gasteiger partial charge in [-0.15, -0.1) is 0 Å². The fraction of sp³-hybridized carbons (Fsp3) is 0.571. The van der Waals surface area contributed by atoms with Gasteiger partial charge in [-0.2, -0.15) is 13.2 Å². The van der Waals surface area contributed by atoms with Crippen molar-refractivity contribution in [3.8, 4) is 0 Å². The Morgan fingerprint density at radius 3 is 2.86 bits per heavy atom. The second kappa shape index (κ2) is 7.41. The molecule has 2 atom stereocenters. The topological polar surface area (TPSA) is 51.2 Å². The van der Waals surface area contributed by atoms with Crippen LogP contribution in [0.2, 0.25) is 0 Å². The number of alkyl halides is 3. The van der Waals surface area contributed by atoms with Crippen LogP contribution in [0, 0.1) is 0 Å². The molecule has 1 fully saturated rings. The average molecular weight is 381 g/mol. The Balaban J connectivity index is 1.86. The Labute approximate surface area is 134 Å². The van der Waals surface area contributed by atoms with E-state index >= 15 is 0 Å². The molecule has 0 saturated heterocycles. The molecule has 0 aromatic carbocycles. The summed E-state index contributed by atoms with van der Waals surface area (Å²) in [5.74, 6) is -0.282. The number of pyridine rings is 1. The predicted molar refractivity (Wildman–Crippen MR) is 77.5 cm³/mol. The summed E-state index contributed by atoms with van der Waals surface area (Å²) in [6.45, 7) is -1.24. The molecule has 1 saturated carbocycles. The lowest BCUT2D eigenvalue weighted by Crippen LogP contribution is -2.41. The van der Waals surface area contributed by atoms with Gasteiger partial charge in [0.1, 0.15) is 6.61 Å². The zero-order valence-corrected chi connectivity index (χ0v) is 13.3. The number of ether oxygens (including phenoxy) is 1. The molecule has 1 heterocycles. The van der Waals surface area contributed by atoms with E-state index < -0.39 is 18.9 Å². The van der Waals surface area contributed by atoms with Crippen LogP contribution in [0.25, 0.3) is 0 Å². The van der Waals surface area contributed by atoms with Crippen molar-refractivity contribution in [1.82, 2.24) is 10.3 Å². The first kappa shape index (κ1) is 17.2. The molecule has 8 heteroatoms. The maximum atomic E-state index is 12.2. The standard InChI is InChI=1S/C14H16BrF3N2O2/c15-10-4-9(6-19-7-10)13(21)20-11-2-1-3-12(5-11)22-8-14(16,17)18/h4,6-7,11-12H,1-3,5,8H2,(H,20,21)/t11-,12+/m1/s1. The zero-order valence-electron chi connectivity index (χ0n) is 11.7. The van der Waals surface area contributed by atoms with Gasteiger partial charge < -0.3 is 10.1 Å². The summed E-state index contributed by atoms with van der Waals surface area (Å²) in [5, 5.41) is 2.83. The lowest BCUT2D eigenvalue weighted by atomic mass is 9.92. The van der Waals surface area contributed by atoms with Crippen LogP contribution < -0.4 is 5.32 Å². The number of hydrogen-bond donors (Lipinski definition) is 1. The molecule has 4 nitrogen and oxygen atoms in total. The summed E-state index contributed by atoms with van der Waals surface area (Å²) < 4.78 is 42.1. The Morgan fingerprint density at radius 2 is 2.18 bits per heavy atom. The third-order valence-corrected chi connectivity index (χ3v) is 3.84. The minimum Gasteiger partial charge on any atom is -0.369 e. The van der Waals surface area contributed by atoms with Gasteiger partial charge >= 0.3 is 6.18 Å². The largest absolute Gasteiger partial charge is 0.411 e. The molecule has 1 aromatic rings. The van der Waals surface area contributed by atoms with E-state index in [2.05, 4.69) is 26.2 Å². The van der Waals surface area contributed by atoms with E-state index in [0.717, 1.165) is 12.8 Å². The van der Waals surface area contributed by atoms with Crippen molar-refractivity contribution in [2.45, 2.75) is 44.0 Å². The molecular formula is C14H16BrF3N2O2. The van der Waals surface area contributed by atoms with Crippen LogP contribution in [-0.4, -0.2) is 35.8 Å². The Bertz CT molecular complexity index is 525. The van der Waals surface area contributed by atoms with Gasteiger partial charge in [0.25, 0.3) is 5.91 Å². The molecule has 1 aliphatic rings. The maximum absolute atomic E-state index is 12.2. The van der Waals surface area contributed by atoms with Gasteiger partial charge in [0.2, 0.25) is 0 Å². The number of aromatic nitrogens is 1. The first-order chi connectivity index (χ1) is 10.3. The molecule has 2 rings (SSSR count). The number of carbonyl (C=O) groups excluding carboxylic acids is 1. The third-order valence-electron chi connectivity index (χ3n) is 3.41. The fourth-order valence-corrected chi connectivity index (χ4v) is 2.81. The Kier molecular flexibility index (Phi) is 5.80. The average Bonchev–Trinajstić information content (AvgIpc) is 2.45. The number of nitrogens with zero attached hydrogens (tertiary/aromatic N) is 1. The van der Waals surface area contributed by atoms with Crippen molar-refractivity contribution in [2.75, 3.05) is 6.61 Å². The fourth-order valence-electron chi connectivity index (χ4n) is 2.44. The van der Waals surface area contributed by atoms with Crippen molar-refractivity contribution in [3.63, 3.8) is 0 Å². The van der Waals surface area contributed by atoms with E-state index in [-0.39, 0.29) is 11.9 Å². The molecule has 0 bridgehead atoms. The van der Waals surface area contributed by atoms with Crippen LogP contribution in [0.1, 0.15) is 36.0 Å². The quantitative estimate of drug-likeness (QED) is 0.869. The minimum atomic E-state index is -4.32. The lowest BCUT2D eigenvalue weighted by Gasteiger charge is -2.30. The summed E-state index contributed by atoms with van der Waals surface area (Å²) in [7, 11) is 0. The molecule has 122 valence electrons. The lowest BCUT2D eigenvalue weighted by molar-refractivity contribution is -0.188. The van der Waals surface area contributed by atoms with Crippen LogP contribution in [0.5, 0.6) is 0 Å². The monoisotopic (exact) mass is 380 g/mol. The van der Waals surface area contributed by atoms with Gasteiger partial charge in [0.05, 0.1) is 11.7 Å². The smallest absolute Gasteiger partial charge is 0.369 e. The predicted octanol–water partition coefficient (Wildman–Crippen LogP) is 3.46. The van der Waals surface area contributed by atoms with Crippen molar-refractivity contribution >= 4 is 21.8 Å². The van der Waals surface area contributed by atoms with E-state index in [1.165, 1.54) is 6.20 Å². The number of halogens is 4. The van der Waals surface area contributed by atoms with Gasteiger partial charge in [0.15, 0.2) is 0 Å². The van der Waals surface area contributed by atoms with Gasteiger partial charge in [-0.1, -0.05) is 0 Å². The van der Waals surface area contributed by atoms with Crippen molar-refractivity contribution in [2.24, 2.45) is 0 Å². The minimum absolute atomic E-state index is 0.182. The molecular weight excluding hydrogens is 365 g/mol. The van der Waals surface area contributed by atoms with Gasteiger partial charge in [-0.25, -0.2) is 0 Å². The second-order valence-electron chi connectivity index (χ2n) is 5.28. The van der Waals surface area contributed by atoms with E-state index in [4.69, 9.17) is 4.74 Å². The van der Waals surface area contributed by atoms with E-state index in [9.17, 15) is 18.0 Å². The first-order valence-electron chi connectivity index (χ1n) is 6.93. The first-order valence-corrected chi connectivity index (χ1v) is 7.72. The van der Waals surface area contributed by atoms with Gasteiger partial charge in [-0.05, 0) is 47.7 Å². The molecule has 0 radical (unpaired) electrons. The van der Waals surface area contributed by atoms with Crippen LogP contribution >= 0.6 is 15.9 Å². The molecule has 0 unspecified atom stereocenters. The highest BCUT2D eigenvalue weighted by atomic mass is 79.9. The molecule has 1 amide bonds. The molecule has 1 aliphatic carbocycles. The van der Waals surface area contributed by atoms with E-state index in [0.29, 0.717) is 22.9 Å². The van der Waals surface area contributed by atoms with Gasteiger partial charge in [0, 0.05) is 22.9 Å². The Morgan fingerprint density at radius 1 is 1.41 bits per heavy atom. The molecule has 1 aromatic heterocycles. The van der Waals surface area contributed by atoms with Crippen LogP contribution in [-0.2, 0) is 4.74 Å². The molecule has 1 N–H and O–H groups in total. The van der Waals surface area contributed by atoms with E-state index in [1.54, 1.807) is 12.3 Å². The molecule has 0 spiro atoms. The number of carbonyl (C=O) groups is 1. The SMILES string of the molecule is O=C(N[C@@H]1CCC[C@H](OCC(F)(F)F)C1)c1cncc(Br)c1. The summed E-state index contributed by atoms with van der Waals surface area (Å²) >= 11 is 3.24. The van der Waals surface area contributed by atoms with Crippen LogP contribution in [0.3, 0.4) is 0 Å². The molecule has 22 heavy (non-hydrogen) atoms. The highest BCUT2D eigenvalue weighted by molar-refractivity contribution is 9.10. The summed E-state index contributed by atoms with van der Waals surface area (Å²) in [4.78, 5) is 16.0. The highest BCUT2D eigenvalue weighted by Crippen LogP contribution is 2.24. The van der Waals surface area contributed by atoms with E-state index in [1.807, 2.05) is 0 Å². The van der Waals surface area contributed by atoms with Crippen molar-refractivity contribution in [1.29, 1.82) is 0 Å².